The van der Waals surface area contributed by atoms with Gasteiger partial charge in [-0.1, -0.05) is 61.7 Å². The van der Waals surface area contributed by atoms with Crippen LogP contribution in [0.2, 0.25) is 0 Å². The van der Waals surface area contributed by atoms with Crippen LogP contribution in [0.15, 0.2) is 42.5 Å². The molecule has 1 aromatic rings. The second kappa shape index (κ2) is 7.68. The van der Waals surface area contributed by atoms with Gasteiger partial charge in [0.05, 0.1) is 17.3 Å². The van der Waals surface area contributed by atoms with E-state index in [0.717, 1.165) is 18.4 Å². The molecule has 2 unspecified atom stereocenters. The van der Waals surface area contributed by atoms with Gasteiger partial charge in [0.2, 0.25) is 0 Å². The molecule has 4 nitrogen and oxygen atoms in total. The van der Waals surface area contributed by atoms with Crippen molar-refractivity contribution in [2.75, 3.05) is 0 Å². The van der Waals surface area contributed by atoms with Gasteiger partial charge in [0.15, 0.2) is 5.78 Å². The van der Waals surface area contributed by atoms with Crippen molar-refractivity contribution in [1.82, 2.24) is 0 Å². The zero-order valence-electron chi connectivity index (χ0n) is 18.1. The van der Waals surface area contributed by atoms with Gasteiger partial charge in [-0.05, 0) is 46.5 Å². The van der Waals surface area contributed by atoms with Crippen LogP contribution in [-0.4, -0.2) is 35.7 Å². The largest absolute Gasteiger partial charge is 0.496 e. The topological polar surface area (TPSA) is 44.8 Å². The number of carbonyl (C=O) groups is 1. The quantitative estimate of drug-likeness (QED) is 0.392. The van der Waals surface area contributed by atoms with Gasteiger partial charge < -0.3 is 14.0 Å². The zero-order chi connectivity index (χ0) is 20.7. The summed E-state index contributed by atoms with van der Waals surface area (Å²) in [6.07, 6.45) is 10.2. The fourth-order valence-electron chi connectivity index (χ4n) is 4.77. The molecule has 0 N–H and O–H groups in total. The molecule has 29 heavy (non-hydrogen) atoms. The number of Topliss-reactive ketones (excluding diaryl/α,β-unsaturated/α-hetero) is 1. The normalized spacial score (nSPS) is 31.3. The maximum Gasteiger partial charge on any atom is 0.496 e. The molecule has 2 atom stereocenters. The van der Waals surface area contributed by atoms with Crippen molar-refractivity contribution in [2.45, 2.75) is 89.0 Å². The number of ketones is 1. The summed E-state index contributed by atoms with van der Waals surface area (Å²) in [6, 6.07) is 9.45. The van der Waals surface area contributed by atoms with Crippen LogP contribution in [0.4, 0.5) is 0 Å². The molecule has 2 heterocycles. The van der Waals surface area contributed by atoms with Crippen LogP contribution < -0.4 is 0 Å². The van der Waals surface area contributed by atoms with E-state index in [-0.39, 0.29) is 11.9 Å². The van der Waals surface area contributed by atoms with Gasteiger partial charge in [0.25, 0.3) is 0 Å². The van der Waals surface area contributed by atoms with Crippen molar-refractivity contribution in [3.05, 3.63) is 48.0 Å². The van der Waals surface area contributed by atoms with E-state index >= 15 is 0 Å². The van der Waals surface area contributed by atoms with Crippen LogP contribution in [0.1, 0.15) is 76.6 Å². The van der Waals surface area contributed by atoms with Gasteiger partial charge in [-0.25, -0.2) is 0 Å². The highest BCUT2D eigenvalue weighted by molar-refractivity contribution is 6.50. The molecule has 2 aliphatic heterocycles. The highest BCUT2D eigenvalue weighted by Crippen LogP contribution is 2.48. The van der Waals surface area contributed by atoms with E-state index < -0.39 is 23.8 Å². The molecule has 1 aliphatic carbocycles. The molecule has 1 aromatic carbocycles. The van der Waals surface area contributed by atoms with E-state index in [9.17, 15) is 4.79 Å². The van der Waals surface area contributed by atoms with Crippen LogP contribution in [0.3, 0.4) is 0 Å². The minimum Gasteiger partial charge on any atom is -0.401 e. The third kappa shape index (κ3) is 3.85. The van der Waals surface area contributed by atoms with Gasteiger partial charge in [-0.15, -0.1) is 0 Å². The Hall–Kier alpha value is -1.43. The maximum atomic E-state index is 12.7. The van der Waals surface area contributed by atoms with E-state index in [2.05, 4.69) is 39.8 Å². The highest BCUT2D eigenvalue weighted by atomic mass is 16.7. The minimum atomic E-state index is -0.618. The fourth-order valence-corrected chi connectivity index (χ4v) is 4.77. The Kier molecular flexibility index (Phi) is 5.52. The van der Waals surface area contributed by atoms with Crippen LogP contribution >= 0.6 is 0 Å². The molecule has 156 valence electrons. The van der Waals surface area contributed by atoms with Gasteiger partial charge in [-0.3, -0.25) is 4.79 Å². The monoisotopic (exact) mass is 396 g/mol. The summed E-state index contributed by atoms with van der Waals surface area (Å²) in [5.41, 5.74) is -0.703. The van der Waals surface area contributed by atoms with E-state index in [4.69, 9.17) is 14.0 Å². The van der Waals surface area contributed by atoms with E-state index in [0.29, 0.717) is 12.3 Å². The third-order valence-electron chi connectivity index (χ3n) is 7.27. The molecule has 5 heteroatoms. The lowest BCUT2D eigenvalue weighted by Crippen LogP contribution is -2.54. The number of rotatable bonds is 5. The lowest BCUT2D eigenvalue weighted by molar-refractivity contribution is -0.0412. The molecule has 0 spiro atoms. The van der Waals surface area contributed by atoms with Crippen LogP contribution in [0.5, 0.6) is 0 Å². The summed E-state index contributed by atoms with van der Waals surface area (Å²) in [5.74, 6) is 0.452. The van der Waals surface area contributed by atoms with Gasteiger partial charge >= 0.3 is 7.12 Å². The highest BCUT2D eigenvalue weighted by Gasteiger charge is 2.63. The van der Waals surface area contributed by atoms with Gasteiger partial charge in [0.1, 0.15) is 5.50 Å². The second-order valence-corrected chi connectivity index (χ2v) is 9.79. The summed E-state index contributed by atoms with van der Waals surface area (Å²) in [7, 11) is -0.455. The van der Waals surface area contributed by atoms with Crippen LogP contribution in [0.25, 0.3) is 0 Å². The number of hydrogen-bond acceptors (Lipinski definition) is 4. The first kappa shape index (κ1) is 20.8. The Balaban J connectivity index is 1.55. The van der Waals surface area contributed by atoms with Crippen molar-refractivity contribution in [3.8, 4) is 0 Å². The van der Waals surface area contributed by atoms with E-state index in [1.807, 2.05) is 30.3 Å². The number of ether oxygens (including phenoxy) is 1. The first-order valence-electron chi connectivity index (χ1n) is 11.0. The summed E-state index contributed by atoms with van der Waals surface area (Å²) < 4.78 is 19.6. The molecule has 0 radical (unpaired) electrons. The molecule has 2 fully saturated rings. The average molecular weight is 396 g/mol. The van der Waals surface area contributed by atoms with Crippen molar-refractivity contribution in [1.29, 1.82) is 0 Å². The Morgan fingerprint density at radius 1 is 1.00 bits per heavy atom. The summed E-state index contributed by atoms with van der Waals surface area (Å²) in [6.45, 7) is 8.32. The molecule has 3 aliphatic rings. The van der Waals surface area contributed by atoms with Gasteiger partial charge in [0, 0.05) is 12.0 Å². The fraction of sp³-hybridized carbons (Fsp3) is 0.625. The summed E-state index contributed by atoms with van der Waals surface area (Å²) >= 11 is 0. The predicted octanol–water partition coefficient (Wildman–Crippen LogP) is 5.16. The Morgan fingerprint density at radius 2 is 1.62 bits per heavy atom. The molecular formula is C24H33BO4. The van der Waals surface area contributed by atoms with Crippen molar-refractivity contribution >= 4 is 12.9 Å². The van der Waals surface area contributed by atoms with Gasteiger partial charge in [-0.2, -0.15) is 0 Å². The maximum absolute atomic E-state index is 12.7. The Morgan fingerprint density at radius 3 is 2.24 bits per heavy atom. The zero-order valence-corrected chi connectivity index (χ0v) is 18.1. The molecule has 0 aromatic heterocycles. The first-order valence-corrected chi connectivity index (χ1v) is 11.0. The second-order valence-electron chi connectivity index (χ2n) is 9.79. The Labute approximate surface area is 175 Å². The lowest BCUT2D eigenvalue weighted by atomic mass is 9.57. The lowest BCUT2D eigenvalue weighted by Gasteiger charge is -2.40. The molecule has 1 saturated carbocycles. The van der Waals surface area contributed by atoms with Crippen molar-refractivity contribution in [2.24, 2.45) is 5.92 Å². The van der Waals surface area contributed by atoms with Crippen LogP contribution in [0, 0.1) is 5.92 Å². The van der Waals surface area contributed by atoms with E-state index in [1.165, 1.54) is 19.3 Å². The van der Waals surface area contributed by atoms with Crippen molar-refractivity contribution < 1.29 is 18.8 Å². The third-order valence-corrected chi connectivity index (χ3v) is 7.27. The summed E-state index contributed by atoms with van der Waals surface area (Å²) in [4.78, 5) is 12.7. The predicted molar refractivity (Wildman–Crippen MR) is 115 cm³/mol. The Bertz CT molecular complexity index is 750. The number of hydrogen-bond donors (Lipinski definition) is 0. The number of carbonyl (C=O) groups excluding carboxylic acids is 1. The standard InChI is InChI=1S/C24H33BO4/c1-22(2)23(3,4)29-25(28-22)24(19-13-9-6-10-14-19)16-15-20(27-24)17-21(26)18-11-7-5-8-12-18/h5,7-8,11-12,15-16,19-20H,6,9-10,13-14,17H2,1-4H3. The minimum absolute atomic E-state index is 0.105. The number of benzene rings is 1. The SMILES string of the molecule is CC1(C)OB(C2(C3CCCCC3)C=CC(CC(=O)c3ccccc3)O2)OC1(C)C. The smallest absolute Gasteiger partial charge is 0.401 e. The van der Waals surface area contributed by atoms with Crippen LogP contribution in [-0.2, 0) is 14.0 Å². The molecule has 0 amide bonds. The molecule has 4 rings (SSSR count). The molecule has 1 saturated heterocycles. The first-order chi connectivity index (χ1) is 13.7. The molecule has 0 bridgehead atoms. The van der Waals surface area contributed by atoms with E-state index in [1.54, 1.807) is 0 Å². The summed E-state index contributed by atoms with van der Waals surface area (Å²) in [5, 5.41) is 0. The molecular weight excluding hydrogens is 363 g/mol. The van der Waals surface area contributed by atoms with Crippen molar-refractivity contribution in [3.63, 3.8) is 0 Å². The average Bonchev–Trinajstić information content (AvgIpc) is 3.22.